The smallest absolute Gasteiger partial charge is 0.188 e. The molecule has 17 heavy (non-hydrogen) atoms. The first-order chi connectivity index (χ1) is 8.19. The molecule has 1 fully saturated rings. The minimum Gasteiger partial charge on any atom is -0.292 e. The van der Waals surface area contributed by atoms with Gasteiger partial charge in [-0.3, -0.25) is 4.79 Å². The SMILES string of the molecule is CC1(C(=O)c2cc3c(s2)CCCC3)CCCS1. The first kappa shape index (κ1) is 11.8. The standard InChI is InChI=1S/C14H18OS2/c1-14(7-4-8-16-14)13(15)12-9-10-5-2-3-6-11(10)17-12/h9H,2-8H2,1H3. The van der Waals surface area contributed by atoms with E-state index in [1.54, 1.807) is 11.3 Å². The van der Waals surface area contributed by atoms with Crippen LogP contribution in [0.15, 0.2) is 6.07 Å². The van der Waals surface area contributed by atoms with E-state index < -0.39 is 0 Å². The highest BCUT2D eigenvalue weighted by Gasteiger charge is 2.38. The zero-order valence-corrected chi connectivity index (χ0v) is 11.9. The van der Waals surface area contributed by atoms with Gasteiger partial charge >= 0.3 is 0 Å². The highest BCUT2D eigenvalue weighted by Crippen LogP contribution is 2.42. The monoisotopic (exact) mass is 266 g/mol. The Bertz CT molecular complexity index is 418. The molecule has 3 heteroatoms. The normalized spacial score (nSPS) is 28.1. The third kappa shape index (κ3) is 2.08. The van der Waals surface area contributed by atoms with Crippen LogP contribution >= 0.6 is 23.1 Å². The van der Waals surface area contributed by atoms with Gasteiger partial charge in [-0.2, -0.15) is 0 Å². The van der Waals surface area contributed by atoms with Crippen molar-refractivity contribution < 1.29 is 4.79 Å². The Balaban J connectivity index is 1.88. The van der Waals surface area contributed by atoms with Gasteiger partial charge in [-0.15, -0.1) is 23.1 Å². The minimum atomic E-state index is -0.132. The minimum absolute atomic E-state index is 0.132. The lowest BCUT2D eigenvalue weighted by atomic mass is 9.96. The fourth-order valence-electron chi connectivity index (χ4n) is 2.82. The molecule has 1 atom stereocenters. The highest BCUT2D eigenvalue weighted by molar-refractivity contribution is 8.01. The largest absolute Gasteiger partial charge is 0.292 e. The molecular weight excluding hydrogens is 248 g/mol. The number of thiophene rings is 1. The Morgan fingerprint density at radius 3 is 2.82 bits per heavy atom. The summed E-state index contributed by atoms with van der Waals surface area (Å²) in [7, 11) is 0. The Kier molecular flexibility index (Phi) is 3.07. The molecule has 2 aliphatic rings. The van der Waals surface area contributed by atoms with Crippen molar-refractivity contribution in [2.24, 2.45) is 0 Å². The molecule has 1 saturated heterocycles. The molecule has 0 amide bonds. The second-order valence-electron chi connectivity index (χ2n) is 5.28. The molecule has 1 unspecified atom stereocenters. The van der Waals surface area contributed by atoms with Crippen molar-refractivity contribution in [3.63, 3.8) is 0 Å². The van der Waals surface area contributed by atoms with Gasteiger partial charge in [-0.25, -0.2) is 0 Å². The van der Waals surface area contributed by atoms with E-state index in [4.69, 9.17) is 0 Å². The van der Waals surface area contributed by atoms with Gasteiger partial charge in [0.05, 0.1) is 9.62 Å². The molecule has 0 spiro atoms. The lowest BCUT2D eigenvalue weighted by Gasteiger charge is -2.19. The van der Waals surface area contributed by atoms with E-state index in [9.17, 15) is 4.79 Å². The Morgan fingerprint density at radius 2 is 2.12 bits per heavy atom. The average molecular weight is 266 g/mol. The van der Waals surface area contributed by atoms with Gasteiger partial charge in [-0.05, 0) is 62.8 Å². The molecule has 1 aromatic rings. The second kappa shape index (κ2) is 4.43. The lowest BCUT2D eigenvalue weighted by Crippen LogP contribution is -2.27. The number of ketones is 1. The molecule has 1 aliphatic heterocycles. The number of hydrogen-bond acceptors (Lipinski definition) is 3. The van der Waals surface area contributed by atoms with E-state index in [0.717, 1.165) is 17.1 Å². The number of aryl methyl sites for hydroxylation is 2. The zero-order valence-electron chi connectivity index (χ0n) is 10.3. The van der Waals surface area contributed by atoms with Crippen molar-refractivity contribution in [1.82, 2.24) is 0 Å². The van der Waals surface area contributed by atoms with Crippen LogP contribution in [0, 0.1) is 0 Å². The quantitative estimate of drug-likeness (QED) is 0.750. The van der Waals surface area contributed by atoms with E-state index in [1.807, 2.05) is 11.8 Å². The molecule has 92 valence electrons. The van der Waals surface area contributed by atoms with Crippen LogP contribution in [0.2, 0.25) is 0 Å². The third-order valence-electron chi connectivity index (χ3n) is 3.92. The lowest BCUT2D eigenvalue weighted by molar-refractivity contribution is 0.0953. The van der Waals surface area contributed by atoms with Crippen LogP contribution in [0.4, 0.5) is 0 Å². The van der Waals surface area contributed by atoms with Crippen LogP contribution in [-0.2, 0) is 12.8 Å². The Morgan fingerprint density at radius 1 is 1.29 bits per heavy atom. The van der Waals surface area contributed by atoms with Gasteiger partial charge in [0.2, 0.25) is 0 Å². The van der Waals surface area contributed by atoms with Crippen molar-refractivity contribution in [2.75, 3.05) is 5.75 Å². The Hall–Kier alpha value is -0.280. The van der Waals surface area contributed by atoms with Crippen molar-refractivity contribution in [3.05, 3.63) is 21.4 Å². The Labute approximate surface area is 111 Å². The summed E-state index contributed by atoms with van der Waals surface area (Å²) >= 11 is 3.62. The number of Topliss-reactive ketones (excluding diaryl/α,β-unsaturated/α-hetero) is 1. The fraction of sp³-hybridized carbons (Fsp3) is 0.643. The van der Waals surface area contributed by atoms with E-state index >= 15 is 0 Å². The van der Waals surface area contributed by atoms with Crippen LogP contribution in [0.1, 0.15) is 52.7 Å². The number of carbonyl (C=O) groups is 1. The van der Waals surface area contributed by atoms with Gasteiger partial charge in [0.1, 0.15) is 0 Å². The van der Waals surface area contributed by atoms with Crippen LogP contribution < -0.4 is 0 Å². The number of thioether (sulfide) groups is 1. The summed E-state index contributed by atoms with van der Waals surface area (Å²) in [6.07, 6.45) is 7.22. The maximum absolute atomic E-state index is 12.6. The highest BCUT2D eigenvalue weighted by atomic mass is 32.2. The number of carbonyl (C=O) groups excluding carboxylic acids is 1. The molecule has 0 saturated carbocycles. The first-order valence-corrected chi connectivity index (χ1v) is 8.30. The van der Waals surface area contributed by atoms with Gasteiger partial charge in [0.15, 0.2) is 5.78 Å². The molecule has 1 aliphatic carbocycles. The predicted octanol–water partition coefficient (Wildman–Crippen LogP) is 4.10. The van der Waals surface area contributed by atoms with Gasteiger partial charge in [-0.1, -0.05) is 0 Å². The molecule has 2 heterocycles. The van der Waals surface area contributed by atoms with Crippen LogP contribution in [-0.4, -0.2) is 16.3 Å². The molecular formula is C14H18OS2. The summed E-state index contributed by atoms with van der Waals surface area (Å²) in [5, 5.41) is 0. The van der Waals surface area contributed by atoms with Gasteiger partial charge < -0.3 is 0 Å². The summed E-state index contributed by atoms with van der Waals surface area (Å²) in [5.41, 5.74) is 1.45. The van der Waals surface area contributed by atoms with E-state index in [-0.39, 0.29) is 4.75 Å². The summed E-state index contributed by atoms with van der Waals surface area (Å²) in [4.78, 5) is 15.1. The van der Waals surface area contributed by atoms with E-state index in [0.29, 0.717) is 5.78 Å². The molecule has 0 aromatic carbocycles. The van der Waals surface area contributed by atoms with Gasteiger partial charge in [0.25, 0.3) is 0 Å². The predicted molar refractivity (Wildman–Crippen MR) is 75.4 cm³/mol. The van der Waals surface area contributed by atoms with E-state index in [1.165, 1.54) is 42.5 Å². The molecule has 0 bridgehead atoms. The van der Waals surface area contributed by atoms with Crippen LogP contribution in [0.25, 0.3) is 0 Å². The maximum Gasteiger partial charge on any atom is 0.188 e. The summed E-state index contributed by atoms with van der Waals surface area (Å²) < 4.78 is -0.132. The number of fused-ring (bicyclic) bond motifs is 1. The summed E-state index contributed by atoms with van der Waals surface area (Å²) in [6.45, 7) is 2.13. The molecule has 1 aromatic heterocycles. The summed E-state index contributed by atoms with van der Waals surface area (Å²) in [6, 6.07) is 2.19. The molecule has 0 radical (unpaired) electrons. The fourth-order valence-corrected chi connectivity index (χ4v) is 5.48. The van der Waals surface area contributed by atoms with Crippen molar-refractivity contribution >= 4 is 28.9 Å². The number of rotatable bonds is 2. The molecule has 0 N–H and O–H groups in total. The van der Waals surface area contributed by atoms with Crippen molar-refractivity contribution in [2.45, 2.75) is 50.2 Å². The van der Waals surface area contributed by atoms with Crippen LogP contribution in [0.3, 0.4) is 0 Å². The maximum atomic E-state index is 12.6. The first-order valence-electron chi connectivity index (χ1n) is 6.49. The third-order valence-corrected chi connectivity index (χ3v) is 6.67. The molecule has 1 nitrogen and oxygen atoms in total. The summed E-state index contributed by atoms with van der Waals surface area (Å²) in [5.74, 6) is 1.53. The van der Waals surface area contributed by atoms with E-state index in [2.05, 4.69) is 13.0 Å². The van der Waals surface area contributed by atoms with Gasteiger partial charge in [0, 0.05) is 4.88 Å². The van der Waals surface area contributed by atoms with Crippen molar-refractivity contribution in [3.8, 4) is 0 Å². The second-order valence-corrected chi connectivity index (χ2v) is 8.01. The van der Waals surface area contributed by atoms with Crippen molar-refractivity contribution in [1.29, 1.82) is 0 Å². The average Bonchev–Trinajstić information content (AvgIpc) is 2.94. The zero-order chi connectivity index (χ0) is 11.9. The topological polar surface area (TPSA) is 17.1 Å². The van der Waals surface area contributed by atoms with Crippen LogP contribution in [0.5, 0.6) is 0 Å². The number of hydrogen-bond donors (Lipinski definition) is 0. The molecule has 3 rings (SSSR count).